The SMILES string of the molecule is CC/C=C\C/C=C\C/C=C\C/C=C\CCCCCCCCCCCCC(=O)OC(COC(=O)CCCCCCCCCCCCC)COP(=O)(O)OC1C(O)C(O)C(O)C(O)C1O. The monoisotopic (exact) mass is 915 g/mol. The van der Waals surface area contributed by atoms with E-state index in [9.17, 15) is 44.6 Å². The number of ether oxygens (including phenoxy) is 2. The largest absolute Gasteiger partial charge is 0.472 e. The van der Waals surface area contributed by atoms with Crippen LogP contribution in [-0.2, 0) is 32.7 Å². The molecule has 1 fully saturated rings. The number of carbonyl (C=O) groups excluding carboxylic acids is 2. The molecule has 0 saturated heterocycles. The Kier molecular flexibility index (Phi) is 36.4. The maximum atomic E-state index is 12.8. The predicted octanol–water partition coefficient (Wildman–Crippen LogP) is 9.95. The first-order chi connectivity index (χ1) is 30.4. The van der Waals surface area contributed by atoms with E-state index in [4.69, 9.17) is 18.5 Å². The Labute approximate surface area is 380 Å². The van der Waals surface area contributed by atoms with Crippen LogP contribution in [0.4, 0.5) is 0 Å². The van der Waals surface area contributed by atoms with Crippen molar-refractivity contribution < 1.29 is 63.1 Å². The van der Waals surface area contributed by atoms with Gasteiger partial charge in [-0.15, -0.1) is 0 Å². The van der Waals surface area contributed by atoms with Crippen molar-refractivity contribution in [1.29, 1.82) is 0 Å². The Morgan fingerprint density at radius 3 is 1.38 bits per heavy atom. The smallest absolute Gasteiger partial charge is 0.462 e. The molecule has 1 saturated carbocycles. The zero-order valence-corrected chi connectivity index (χ0v) is 39.8. The minimum atomic E-state index is -5.12. The molecule has 1 rings (SSSR count). The van der Waals surface area contributed by atoms with Crippen LogP contribution in [-0.4, -0.2) is 98.3 Å². The molecule has 14 heteroatoms. The van der Waals surface area contributed by atoms with E-state index in [1.165, 1.54) is 77.0 Å². The van der Waals surface area contributed by atoms with E-state index in [0.717, 1.165) is 77.0 Å². The van der Waals surface area contributed by atoms with Gasteiger partial charge in [-0.25, -0.2) is 4.57 Å². The van der Waals surface area contributed by atoms with Crippen LogP contribution in [0, 0.1) is 0 Å². The van der Waals surface area contributed by atoms with E-state index in [2.05, 4.69) is 62.5 Å². The number of phosphoric ester groups is 1. The van der Waals surface area contributed by atoms with Gasteiger partial charge in [0.05, 0.1) is 6.61 Å². The molecule has 13 nitrogen and oxygen atoms in total. The van der Waals surface area contributed by atoms with Crippen LogP contribution in [0.15, 0.2) is 48.6 Å². The second-order valence-corrected chi connectivity index (χ2v) is 18.3. The molecule has 6 unspecified atom stereocenters. The van der Waals surface area contributed by atoms with E-state index < -0.39 is 75.7 Å². The first kappa shape index (κ1) is 58.8. The zero-order chi connectivity index (χ0) is 46.4. The molecule has 0 amide bonds. The predicted molar refractivity (Wildman–Crippen MR) is 249 cm³/mol. The standard InChI is InChI=1S/C49H87O13P/c1-3-5-7-9-11-13-15-16-17-18-19-20-21-22-23-24-25-26-28-30-32-34-36-38-43(51)61-41(39-59-42(50)37-35-33-31-29-27-14-12-10-8-6-4-2)40-60-63(57,58)62-49-47(55)45(53)44(52)46(54)48(49)56/h5,7,11,13,16-17,19-20,41,44-49,52-56H,3-4,6,8-10,12,14-15,18,21-40H2,1-2H3,(H,57,58)/b7-5-,13-11-,17-16-,20-19-. The molecule has 0 aromatic rings. The Balaban J connectivity index is 2.38. The van der Waals surface area contributed by atoms with Crippen LogP contribution in [0.5, 0.6) is 0 Å². The molecule has 0 bridgehead atoms. The molecule has 366 valence electrons. The molecule has 1 aliphatic rings. The third-order valence-corrected chi connectivity index (χ3v) is 12.2. The molecule has 0 aliphatic heterocycles. The fourth-order valence-electron chi connectivity index (χ4n) is 7.28. The Hall–Kier alpha value is -2.19. The van der Waals surface area contributed by atoms with E-state index in [1.54, 1.807) is 0 Å². The van der Waals surface area contributed by atoms with Crippen molar-refractivity contribution in [2.75, 3.05) is 13.2 Å². The summed E-state index contributed by atoms with van der Waals surface area (Å²) in [5.74, 6) is -1.10. The lowest BCUT2D eigenvalue weighted by Crippen LogP contribution is -2.64. The summed E-state index contributed by atoms with van der Waals surface area (Å²) in [6.45, 7) is 3.18. The summed E-state index contributed by atoms with van der Waals surface area (Å²) in [4.78, 5) is 35.7. The highest BCUT2D eigenvalue weighted by Gasteiger charge is 2.51. The Bertz CT molecular complexity index is 1290. The Morgan fingerprint density at radius 1 is 0.508 bits per heavy atom. The van der Waals surface area contributed by atoms with Gasteiger partial charge in [-0.05, 0) is 51.4 Å². The number of hydrogen-bond donors (Lipinski definition) is 6. The summed E-state index contributed by atoms with van der Waals surface area (Å²) in [7, 11) is -5.12. The number of hydrogen-bond acceptors (Lipinski definition) is 12. The van der Waals surface area contributed by atoms with Gasteiger partial charge in [-0.3, -0.25) is 18.6 Å². The second-order valence-electron chi connectivity index (χ2n) is 16.9. The molecular weight excluding hydrogens is 828 g/mol. The zero-order valence-electron chi connectivity index (χ0n) is 38.9. The minimum absolute atomic E-state index is 0.0916. The molecule has 63 heavy (non-hydrogen) atoms. The van der Waals surface area contributed by atoms with Gasteiger partial charge in [-0.1, -0.05) is 178 Å². The number of aliphatic hydroxyl groups is 5. The van der Waals surface area contributed by atoms with E-state index >= 15 is 0 Å². The van der Waals surface area contributed by atoms with Gasteiger partial charge in [-0.2, -0.15) is 0 Å². The third kappa shape index (κ3) is 31.4. The summed E-state index contributed by atoms with van der Waals surface area (Å²) >= 11 is 0. The molecular formula is C49H87O13P. The molecule has 0 heterocycles. The van der Waals surface area contributed by atoms with Gasteiger partial charge in [0.15, 0.2) is 6.10 Å². The molecule has 6 atom stereocenters. The maximum absolute atomic E-state index is 12.8. The molecule has 1 aliphatic carbocycles. The van der Waals surface area contributed by atoms with Gasteiger partial charge in [0.25, 0.3) is 0 Å². The Morgan fingerprint density at radius 2 is 0.905 bits per heavy atom. The van der Waals surface area contributed by atoms with E-state index in [-0.39, 0.29) is 12.8 Å². The maximum Gasteiger partial charge on any atom is 0.472 e. The fraction of sp³-hybridized carbons (Fsp3) is 0.796. The number of rotatable bonds is 40. The van der Waals surface area contributed by atoms with Crippen molar-refractivity contribution in [3.8, 4) is 0 Å². The van der Waals surface area contributed by atoms with Crippen molar-refractivity contribution in [1.82, 2.24) is 0 Å². The number of carbonyl (C=O) groups is 2. The first-order valence-electron chi connectivity index (χ1n) is 24.4. The number of allylic oxidation sites excluding steroid dienone is 8. The molecule has 0 aromatic heterocycles. The van der Waals surface area contributed by atoms with Gasteiger partial charge in [0, 0.05) is 12.8 Å². The van der Waals surface area contributed by atoms with Gasteiger partial charge < -0.3 is 39.9 Å². The van der Waals surface area contributed by atoms with Gasteiger partial charge >= 0.3 is 19.8 Å². The average Bonchev–Trinajstić information content (AvgIpc) is 3.26. The normalized spacial score (nSPS) is 22.1. The quantitative estimate of drug-likeness (QED) is 0.0147. The van der Waals surface area contributed by atoms with Gasteiger partial charge in [0.1, 0.15) is 43.2 Å². The van der Waals surface area contributed by atoms with Gasteiger partial charge in [0.2, 0.25) is 0 Å². The van der Waals surface area contributed by atoms with Crippen molar-refractivity contribution in [3.05, 3.63) is 48.6 Å². The molecule has 6 N–H and O–H groups in total. The number of esters is 2. The summed E-state index contributed by atoms with van der Waals surface area (Å²) in [5.41, 5.74) is 0. The lowest BCUT2D eigenvalue weighted by atomic mass is 9.85. The highest BCUT2D eigenvalue weighted by atomic mass is 31.2. The fourth-order valence-corrected chi connectivity index (χ4v) is 8.25. The topological polar surface area (TPSA) is 210 Å². The highest BCUT2D eigenvalue weighted by Crippen LogP contribution is 2.47. The van der Waals surface area contributed by atoms with Crippen molar-refractivity contribution in [2.45, 2.75) is 236 Å². The summed E-state index contributed by atoms with van der Waals surface area (Å²) in [6.07, 6.45) is 33.1. The number of unbranched alkanes of at least 4 members (excludes halogenated alkanes) is 20. The number of phosphoric acid groups is 1. The average molecular weight is 915 g/mol. The lowest BCUT2D eigenvalue weighted by Gasteiger charge is -2.41. The summed E-state index contributed by atoms with van der Waals surface area (Å²) in [6, 6.07) is 0. The second kappa shape index (κ2) is 39.0. The van der Waals surface area contributed by atoms with Crippen LogP contribution in [0.25, 0.3) is 0 Å². The molecule has 0 aromatic carbocycles. The van der Waals surface area contributed by atoms with Crippen LogP contribution < -0.4 is 0 Å². The highest BCUT2D eigenvalue weighted by molar-refractivity contribution is 7.47. The van der Waals surface area contributed by atoms with E-state index in [1.807, 2.05) is 0 Å². The molecule has 0 spiro atoms. The summed E-state index contributed by atoms with van der Waals surface area (Å²) < 4.78 is 33.5. The third-order valence-electron chi connectivity index (χ3n) is 11.2. The number of aliphatic hydroxyl groups excluding tert-OH is 5. The summed E-state index contributed by atoms with van der Waals surface area (Å²) in [5, 5.41) is 50.2. The minimum Gasteiger partial charge on any atom is -0.462 e. The van der Waals surface area contributed by atoms with Crippen LogP contribution >= 0.6 is 7.82 Å². The van der Waals surface area contributed by atoms with E-state index in [0.29, 0.717) is 12.8 Å². The van der Waals surface area contributed by atoms with Crippen molar-refractivity contribution >= 4 is 19.8 Å². The van der Waals surface area contributed by atoms with Crippen molar-refractivity contribution in [2.24, 2.45) is 0 Å². The van der Waals surface area contributed by atoms with Crippen LogP contribution in [0.1, 0.15) is 194 Å². The molecule has 0 radical (unpaired) electrons. The van der Waals surface area contributed by atoms with Crippen molar-refractivity contribution in [3.63, 3.8) is 0 Å². The first-order valence-corrected chi connectivity index (χ1v) is 25.9. The van der Waals surface area contributed by atoms with Crippen LogP contribution in [0.3, 0.4) is 0 Å². The lowest BCUT2D eigenvalue weighted by molar-refractivity contribution is -0.220. The van der Waals surface area contributed by atoms with Crippen LogP contribution in [0.2, 0.25) is 0 Å².